The van der Waals surface area contributed by atoms with E-state index in [-0.39, 0.29) is 0 Å². The van der Waals surface area contributed by atoms with Crippen LogP contribution in [0.15, 0.2) is 12.1 Å². The highest BCUT2D eigenvalue weighted by atomic mass is 16.6. The van der Waals surface area contributed by atoms with Crippen LogP contribution in [0, 0.1) is 10.1 Å². The van der Waals surface area contributed by atoms with Gasteiger partial charge in [-0.1, -0.05) is 0 Å². The van der Waals surface area contributed by atoms with Crippen LogP contribution in [-0.2, 0) is 14.4 Å². The van der Waals surface area contributed by atoms with E-state index < -0.39 is 45.8 Å². The lowest BCUT2D eigenvalue weighted by Crippen LogP contribution is -2.11. The average Bonchev–Trinajstić information content (AvgIpc) is 2.30. The standard InChI is InChI=1S/C12H11NO8/c1-6(14)19-10-4-9(13(17)18)5-11(20-7(2)15)12(10)21-8(3)16/h4-5H,1-3H3. The van der Waals surface area contributed by atoms with Crippen molar-refractivity contribution in [2.75, 3.05) is 0 Å². The summed E-state index contributed by atoms with van der Waals surface area (Å²) in [6.45, 7) is 3.18. The average molecular weight is 297 g/mol. The molecule has 0 aliphatic carbocycles. The zero-order valence-corrected chi connectivity index (χ0v) is 11.4. The fourth-order valence-corrected chi connectivity index (χ4v) is 1.37. The Morgan fingerprint density at radius 1 is 0.905 bits per heavy atom. The lowest BCUT2D eigenvalue weighted by Gasteiger charge is -2.12. The molecule has 0 saturated heterocycles. The molecule has 1 rings (SSSR count). The van der Waals surface area contributed by atoms with E-state index in [2.05, 4.69) is 0 Å². The molecule has 112 valence electrons. The fourth-order valence-electron chi connectivity index (χ4n) is 1.37. The van der Waals surface area contributed by atoms with Crippen LogP contribution in [0.5, 0.6) is 17.2 Å². The van der Waals surface area contributed by atoms with E-state index in [1.807, 2.05) is 0 Å². The highest BCUT2D eigenvalue weighted by Gasteiger charge is 2.23. The maximum absolute atomic E-state index is 11.1. The van der Waals surface area contributed by atoms with Crippen LogP contribution in [0.1, 0.15) is 20.8 Å². The predicted octanol–water partition coefficient (Wildman–Crippen LogP) is 1.37. The molecule has 0 fully saturated rings. The van der Waals surface area contributed by atoms with Crippen molar-refractivity contribution >= 4 is 23.6 Å². The number of non-ortho nitro benzene ring substituents is 1. The number of esters is 3. The Labute approximate surface area is 118 Å². The highest BCUT2D eigenvalue weighted by molar-refractivity contribution is 5.78. The number of nitro groups is 1. The van der Waals surface area contributed by atoms with Gasteiger partial charge in [-0.2, -0.15) is 0 Å². The molecule has 0 atom stereocenters. The number of carbonyl (C=O) groups excluding carboxylic acids is 3. The van der Waals surface area contributed by atoms with Gasteiger partial charge in [0.1, 0.15) is 0 Å². The van der Waals surface area contributed by atoms with Gasteiger partial charge in [0, 0.05) is 20.8 Å². The van der Waals surface area contributed by atoms with E-state index in [1.165, 1.54) is 0 Å². The van der Waals surface area contributed by atoms with Gasteiger partial charge < -0.3 is 14.2 Å². The molecule has 0 amide bonds. The van der Waals surface area contributed by atoms with Crippen molar-refractivity contribution < 1.29 is 33.5 Å². The molecule has 0 N–H and O–H groups in total. The van der Waals surface area contributed by atoms with E-state index in [9.17, 15) is 24.5 Å². The molecule has 0 saturated carbocycles. The van der Waals surface area contributed by atoms with Gasteiger partial charge in [-0.25, -0.2) is 0 Å². The molecule has 0 radical (unpaired) electrons. The minimum absolute atomic E-state index is 0.390. The summed E-state index contributed by atoms with van der Waals surface area (Å²) in [5.41, 5.74) is -0.501. The van der Waals surface area contributed by atoms with Gasteiger partial charge in [-0.3, -0.25) is 24.5 Å². The number of hydrogen-bond donors (Lipinski definition) is 0. The smallest absolute Gasteiger partial charge is 0.308 e. The summed E-state index contributed by atoms with van der Waals surface area (Å²) in [5.74, 6) is -3.56. The molecule has 1 aromatic rings. The Morgan fingerprint density at radius 3 is 1.57 bits per heavy atom. The molecule has 0 aliphatic heterocycles. The molecule has 0 unspecified atom stereocenters. The first kappa shape index (κ1) is 16.1. The lowest BCUT2D eigenvalue weighted by atomic mass is 10.2. The first-order valence-corrected chi connectivity index (χ1v) is 5.58. The largest absolute Gasteiger partial charge is 0.422 e. The summed E-state index contributed by atoms with van der Waals surface area (Å²) in [5, 5.41) is 10.8. The number of ether oxygens (including phenoxy) is 3. The normalized spacial score (nSPS) is 9.67. The van der Waals surface area contributed by atoms with E-state index in [0.717, 1.165) is 32.9 Å². The van der Waals surface area contributed by atoms with Crippen LogP contribution in [0.4, 0.5) is 5.69 Å². The molecule has 9 nitrogen and oxygen atoms in total. The number of nitrogens with zero attached hydrogens (tertiary/aromatic N) is 1. The van der Waals surface area contributed by atoms with Gasteiger partial charge >= 0.3 is 17.9 Å². The van der Waals surface area contributed by atoms with E-state index in [0.29, 0.717) is 0 Å². The molecule has 0 aromatic heterocycles. The molecular formula is C12H11NO8. The number of benzene rings is 1. The molecule has 0 spiro atoms. The van der Waals surface area contributed by atoms with Crippen molar-refractivity contribution in [2.24, 2.45) is 0 Å². The van der Waals surface area contributed by atoms with Crippen molar-refractivity contribution in [3.05, 3.63) is 22.2 Å². The molecule has 1 aromatic carbocycles. The summed E-state index contributed by atoms with van der Waals surface area (Å²) in [7, 11) is 0. The third kappa shape index (κ3) is 4.56. The number of rotatable bonds is 4. The van der Waals surface area contributed by atoms with Crippen molar-refractivity contribution in [3.8, 4) is 17.2 Å². The Kier molecular flexibility index (Phi) is 4.95. The summed E-state index contributed by atoms with van der Waals surface area (Å²) in [6, 6.07) is 1.76. The third-order valence-corrected chi connectivity index (χ3v) is 1.97. The monoisotopic (exact) mass is 297 g/mol. The minimum Gasteiger partial charge on any atom is -0.422 e. The van der Waals surface area contributed by atoms with Gasteiger partial charge in [-0.15, -0.1) is 0 Å². The Morgan fingerprint density at radius 2 is 1.29 bits per heavy atom. The summed E-state index contributed by atoms with van der Waals surface area (Å²) < 4.78 is 14.3. The van der Waals surface area contributed by atoms with E-state index in [4.69, 9.17) is 14.2 Å². The van der Waals surface area contributed by atoms with Gasteiger partial charge in [0.15, 0.2) is 11.5 Å². The fraction of sp³-hybridized carbons (Fsp3) is 0.250. The number of nitro benzene ring substituents is 1. The Balaban J connectivity index is 3.50. The highest BCUT2D eigenvalue weighted by Crippen LogP contribution is 2.41. The molecule has 0 aliphatic rings. The molecule has 9 heteroatoms. The molecule has 0 bridgehead atoms. The van der Waals surface area contributed by atoms with Gasteiger partial charge in [0.2, 0.25) is 5.75 Å². The van der Waals surface area contributed by atoms with Crippen molar-refractivity contribution in [2.45, 2.75) is 20.8 Å². The van der Waals surface area contributed by atoms with E-state index in [1.54, 1.807) is 0 Å². The molecular weight excluding hydrogens is 286 g/mol. The number of hydrogen-bond acceptors (Lipinski definition) is 8. The van der Waals surface area contributed by atoms with Gasteiger partial charge in [-0.05, 0) is 0 Å². The van der Waals surface area contributed by atoms with Crippen LogP contribution in [0.3, 0.4) is 0 Å². The van der Waals surface area contributed by atoms with Crippen LogP contribution < -0.4 is 14.2 Å². The van der Waals surface area contributed by atoms with Crippen LogP contribution in [0.2, 0.25) is 0 Å². The summed E-state index contributed by atoms with van der Waals surface area (Å²) in [4.78, 5) is 43.2. The van der Waals surface area contributed by atoms with Gasteiger partial charge in [0.05, 0.1) is 17.1 Å². The van der Waals surface area contributed by atoms with Crippen molar-refractivity contribution in [1.82, 2.24) is 0 Å². The maximum Gasteiger partial charge on any atom is 0.308 e. The summed E-state index contributed by atoms with van der Waals surface area (Å²) >= 11 is 0. The second-order valence-electron chi connectivity index (χ2n) is 3.81. The second kappa shape index (κ2) is 6.46. The lowest BCUT2D eigenvalue weighted by molar-refractivity contribution is -0.385. The van der Waals surface area contributed by atoms with E-state index >= 15 is 0 Å². The first-order valence-electron chi connectivity index (χ1n) is 5.58. The van der Waals surface area contributed by atoms with Crippen molar-refractivity contribution in [3.63, 3.8) is 0 Å². The predicted molar refractivity (Wildman–Crippen MR) is 67.0 cm³/mol. The molecule has 0 heterocycles. The van der Waals surface area contributed by atoms with Crippen LogP contribution >= 0.6 is 0 Å². The van der Waals surface area contributed by atoms with Crippen LogP contribution in [-0.4, -0.2) is 22.8 Å². The minimum atomic E-state index is -0.794. The SMILES string of the molecule is CC(=O)Oc1cc([N+](=O)[O-])cc(OC(C)=O)c1OC(C)=O. The third-order valence-electron chi connectivity index (χ3n) is 1.97. The maximum atomic E-state index is 11.1. The topological polar surface area (TPSA) is 122 Å². The number of carbonyl (C=O) groups is 3. The zero-order chi connectivity index (χ0) is 16.2. The first-order chi connectivity index (χ1) is 9.70. The Bertz CT molecular complexity index is 585. The van der Waals surface area contributed by atoms with Gasteiger partial charge in [0.25, 0.3) is 5.69 Å². The zero-order valence-electron chi connectivity index (χ0n) is 11.4. The Hall–Kier alpha value is -2.97. The van der Waals surface area contributed by atoms with Crippen LogP contribution in [0.25, 0.3) is 0 Å². The summed E-state index contributed by atoms with van der Waals surface area (Å²) in [6.07, 6.45) is 0. The van der Waals surface area contributed by atoms with Crippen molar-refractivity contribution in [1.29, 1.82) is 0 Å². The second-order valence-corrected chi connectivity index (χ2v) is 3.81. The molecule has 21 heavy (non-hydrogen) atoms. The quantitative estimate of drug-likeness (QED) is 0.353.